The molecule has 0 atom stereocenters. The van der Waals surface area contributed by atoms with Crippen molar-refractivity contribution in [1.82, 2.24) is 5.32 Å². The van der Waals surface area contributed by atoms with Crippen molar-refractivity contribution in [1.29, 1.82) is 0 Å². The van der Waals surface area contributed by atoms with Gasteiger partial charge >= 0.3 is 0 Å². The summed E-state index contributed by atoms with van der Waals surface area (Å²) >= 11 is 3.57. The van der Waals surface area contributed by atoms with Crippen LogP contribution in [0.2, 0.25) is 0 Å². The minimum absolute atomic E-state index is 0.964. The smallest absolute Gasteiger partial charge is 0.0207 e. The number of benzene rings is 1. The first-order valence-electron chi connectivity index (χ1n) is 6.39. The zero-order chi connectivity index (χ0) is 12.1. The van der Waals surface area contributed by atoms with Crippen molar-refractivity contribution in [3.05, 3.63) is 45.4 Å². The molecule has 0 saturated heterocycles. The predicted molar refractivity (Wildman–Crippen MR) is 77.1 cm³/mol. The lowest BCUT2D eigenvalue weighted by molar-refractivity contribution is 0.675. The Labute approximate surface area is 112 Å². The highest BCUT2D eigenvalue weighted by Gasteiger charge is 2.03. The molecular weight excluding hydrogens is 274 g/mol. The standard InChI is InChI=1S/C15H20BrN/c1-12-6-7-14(10-15(12)16)11-17-9-8-13-4-2-3-5-13/h4,6-7,10,17H,2-3,5,8-9,11H2,1H3. The summed E-state index contributed by atoms with van der Waals surface area (Å²) in [6, 6.07) is 6.57. The minimum atomic E-state index is 0.964. The average molecular weight is 294 g/mol. The van der Waals surface area contributed by atoms with Gasteiger partial charge < -0.3 is 5.32 Å². The Morgan fingerprint density at radius 3 is 2.94 bits per heavy atom. The van der Waals surface area contributed by atoms with E-state index in [-0.39, 0.29) is 0 Å². The van der Waals surface area contributed by atoms with Gasteiger partial charge in [-0.1, -0.05) is 39.7 Å². The molecule has 0 fully saturated rings. The summed E-state index contributed by atoms with van der Waals surface area (Å²) in [7, 11) is 0. The first kappa shape index (κ1) is 12.8. The third-order valence-corrected chi connectivity index (χ3v) is 4.18. The van der Waals surface area contributed by atoms with E-state index in [1.807, 2.05) is 0 Å². The Kier molecular flexibility index (Phi) is 4.81. The van der Waals surface area contributed by atoms with E-state index in [2.05, 4.69) is 52.4 Å². The fraction of sp³-hybridized carbons (Fsp3) is 0.467. The van der Waals surface area contributed by atoms with Gasteiger partial charge in [-0.2, -0.15) is 0 Å². The quantitative estimate of drug-likeness (QED) is 0.629. The number of halogens is 1. The second-order valence-corrected chi connectivity index (χ2v) is 5.62. The monoisotopic (exact) mass is 293 g/mol. The molecule has 1 aromatic carbocycles. The molecule has 0 spiro atoms. The minimum Gasteiger partial charge on any atom is -0.312 e. The second-order valence-electron chi connectivity index (χ2n) is 4.76. The van der Waals surface area contributed by atoms with Crippen LogP contribution >= 0.6 is 15.9 Å². The number of nitrogens with one attached hydrogen (secondary N) is 1. The van der Waals surface area contributed by atoms with E-state index in [0.29, 0.717) is 0 Å². The van der Waals surface area contributed by atoms with Crippen LogP contribution in [0.4, 0.5) is 0 Å². The van der Waals surface area contributed by atoms with Crippen molar-refractivity contribution in [2.45, 2.75) is 39.2 Å². The van der Waals surface area contributed by atoms with Gasteiger partial charge in [-0.15, -0.1) is 0 Å². The Morgan fingerprint density at radius 1 is 1.35 bits per heavy atom. The van der Waals surface area contributed by atoms with Gasteiger partial charge in [-0.25, -0.2) is 0 Å². The zero-order valence-corrected chi connectivity index (χ0v) is 12.0. The van der Waals surface area contributed by atoms with Crippen LogP contribution in [-0.4, -0.2) is 6.54 Å². The molecule has 0 unspecified atom stereocenters. The third-order valence-electron chi connectivity index (χ3n) is 3.32. The fourth-order valence-electron chi connectivity index (χ4n) is 2.19. The van der Waals surface area contributed by atoms with Crippen molar-refractivity contribution < 1.29 is 0 Å². The van der Waals surface area contributed by atoms with Gasteiger partial charge in [-0.3, -0.25) is 0 Å². The lowest BCUT2D eigenvalue weighted by Gasteiger charge is -2.07. The summed E-state index contributed by atoms with van der Waals surface area (Å²) < 4.78 is 1.20. The zero-order valence-electron chi connectivity index (χ0n) is 10.4. The van der Waals surface area contributed by atoms with Gasteiger partial charge in [0.25, 0.3) is 0 Å². The summed E-state index contributed by atoms with van der Waals surface area (Å²) in [6.07, 6.45) is 7.59. The molecule has 2 rings (SSSR count). The number of hydrogen-bond donors (Lipinski definition) is 1. The van der Waals surface area contributed by atoms with Gasteiger partial charge in [-0.05, 0) is 56.3 Å². The Morgan fingerprint density at radius 2 is 2.24 bits per heavy atom. The van der Waals surface area contributed by atoms with Crippen LogP contribution < -0.4 is 5.32 Å². The SMILES string of the molecule is Cc1ccc(CNCCC2=CCCC2)cc1Br. The van der Waals surface area contributed by atoms with E-state index in [9.17, 15) is 0 Å². The van der Waals surface area contributed by atoms with Gasteiger partial charge in [0, 0.05) is 11.0 Å². The van der Waals surface area contributed by atoms with E-state index in [1.165, 1.54) is 41.3 Å². The molecule has 1 aromatic rings. The highest BCUT2D eigenvalue weighted by molar-refractivity contribution is 9.10. The molecule has 1 nitrogen and oxygen atoms in total. The molecule has 0 heterocycles. The average Bonchev–Trinajstić information content (AvgIpc) is 2.82. The molecule has 1 aliphatic carbocycles. The maximum Gasteiger partial charge on any atom is 0.0207 e. The topological polar surface area (TPSA) is 12.0 Å². The van der Waals surface area contributed by atoms with Crippen molar-refractivity contribution in [2.24, 2.45) is 0 Å². The number of hydrogen-bond acceptors (Lipinski definition) is 1. The summed E-state index contributed by atoms with van der Waals surface area (Å²) in [4.78, 5) is 0. The van der Waals surface area contributed by atoms with E-state index in [0.717, 1.165) is 13.1 Å². The van der Waals surface area contributed by atoms with Crippen molar-refractivity contribution in [3.8, 4) is 0 Å². The molecule has 0 saturated carbocycles. The first-order valence-corrected chi connectivity index (χ1v) is 7.18. The molecule has 17 heavy (non-hydrogen) atoms. The lowest BCUT2D eigenvalue weighted by Crippen LogP contribution is -2.15. The van der Waals surface area contributed by atoms with Crippen LogP contribution in [-0.2, 0) is 6.54 Å². The fourth-order valence-corrected chi connectivity index (χ4v) is 2.62. The molecule has 2 heteroatoms. The Balaban J connectivity index is 1.72. The second kappa shape index (κ2) is 6.36. The predicted octanol–water partition coefficient (Wildman–Crippen LogP) is 4.35. The Bertz CT molecular complexity index is 409. The maximum absolute atomic E-state index is 3.57. The third kappa shape index (κ3) is 3.97. The molecule has 0 aromatic heterocycles. The summed E-state index contributed by atoms with van der Waals surface area (Å²) in [5, 5.41) is 3.51. The Hall–Kier alpha value is -0.600. The van der Waals surface area contributed by atoms with Crippen LogP contribution in [0.3, 0.4) is 0 Å². The lowest BCUT2D eigenvalue weighted by atomic mass is 10.1. The highest BCUT2D eigenvalue weighted by Crippen LogP contribution is 2.20. The van der Waals surface area contributed by atoms with Gasteiger partial charge in [0.05, 0.1) is 0 Å². The maximum atomic E-state index is 3.57. The van der Waals surface area contributed by atoms with Crippen LogP contribution in [0, 0.1) is 6.92 Å². The normalized spacial score (nSPS) is 15.1. The van der Waals surface area contributed by atoms with Gasteiger partial charge in [0.1, 0.15) is 0 Å². The largest absolute Gasteiger partial charge is 0.312 e. The molecular formula is C15H20BrN. The van der Waals surface area contributed by atoms with E-state index >= 15 is 0 Å². The summed E-state index contributed by atoms with van der Waals surface area (Å²) in [5.41, 5.74) is 4.29. The van der Waals surface area contributed by atoms with Crippen LogP contribution in [0.5, 0.6) is 0 Å². The molecule has 0 bridgehead atoms. The van der Waals surface area contributed by atoms with Crippen LogP contribution in [0.15, 0.2) is 34.3 Å². The number of allylic oxidation sites excluding steroid dienone is 1. The van der Waals surface area contributed by atoms with E-state index in [1.54, 1.807) is 5.57 Å². The van der Waals surface area contributed by atoms with Crippen LogP contribution in [0.1, 0.15) is 36.8 Å². The summed E-state index contributed by atoms with van der Waals surface area (Å²) in [6.45, 7) is 4.18. The van der Waals surface area contributed by atoms with Crippen LogP contribution in [0.25, 0.3) is 0 Å². The highest BCUT2D eigenvalue weighted by atomic mass is 79.9. The molecule has 92 valence electrons. The molecule has 0 radical (unpaired) electrons. The van der Waals surface area contributed by atoms with Gasteiger partial charge in [0.15, 0.2) is 0 Å². The van der Waals surface area contributed by atoms with Crippen molar-refractivity contribution in [2.75, 3.05) is 6.54 Å². The number of rotatable bonds is 5. The van der Waals surface area contributed by atoms with E-state index < -0.39 is 0 Å². The first-order chi connectivity index (χ1) is 8.25. The number of aryl methyl sites for hydroxylation is 1. The molecule has 0 aliphatic heterocycles. The van der Waals surface area contributed by atoms with E-state index in [4.69, 9.17) is 0 Å². The van der Waals surface area contributed by atoms with Crippen molar-refractivity contribution in [3.63, 3.8) is 0 Å². The van der Waals surface area contributed by atoms with Crippen molar-refractivity contribution >= 4 is 15.9 Å². The molecule has 1 aliphatic rings. The van der Waals surface area contributed by atoms with Gasteiger partial charge in [0.2, 0.25) is 0 Å². The molecule has 0 amide bonds. The molecule has 1 N–H and O–H groups in total. The summed E-state index contributed by atoms with van der Waals surface area (Å²) in [5.74, 6) is 0.